The van der Waals surface area contributed by atoms with Crippen molar-refractivity contribution < 1.29 is 0 Å². The summed E-state index contributed by atoms with van der Waals surface area (Å²) in [5.41, 5.74) is 9.48. The maximum Gasteiger partial charge on any atom is 0.159 e. The lowest BCUT2D eigenvalue weighted by atomic mass is 10.2. The van der Waals surface area contributed by atoms with Gasteiger partial charge in [-0.25, -0.2) is 9.97 Å². The Morgan fingerprint density at radius 2 is 1.67 bits per heavy atom. The van der Waals surface area contributed by atoms with Crippen LogP contribution in [0, 0.1) is 0 Å². The minimum absolute atomic E-state index is 0.444. The van der Waals surface area contributed by atoms with Crippen molar-refractivity contribution in [3.8, 4) is 0 Å². The lowest BCUT2D eigenvalue weighted by molar-refractivity contribution is 1.09. The Bertz CT molecular complexity index is 1080. The number of nitrogens with zero attached hydrogens (tertiary/aromatic N) is 3. The first-order valence-corrected chi connectivity index (χ1v) is 8.78. The SMILES string of the molecule is Nc1c(NCc2ccc(Cl)cc2)ncnc1Nc1cccc2cccnc12. The van der Waals surface area contributed by atoms with E-state index in [9.17, 15) is 0 Å². The lowest BCUT2D eigenvalue weighted by Crippen LogP contribution is -2.08. The van der Waals surface area contributed by atoms with Gasteiger partial charge in [0.2, 0.25) is 0 Å². The number of hydrogen-bond acceptors (Lipinski definition) is 6. The maximum atomic E-state index is 6.27. The molecule has 0 fully saturated rings. The largest absolute Gasteiger partial charge is 0.393 e. The molecule has 0 saturated heterocycles. The summed E-state index contributed by atoms with van der Waals surface area (Å²) in [6.07, 6.45) is 3.23. The number of benzene rings is 2. The van der Waals surface area contributed by atoms with Gasteiger partial charge in [-0.2, -0.15) is 0 Å². The number of aromatic nitrogens is 3. The number of nitrogens with two attached hydrogens (primary N) is 1. The van der Waals surface area contributed by atoms with Crippen LogP contribution in [0.5, 0.6) is 0 Å². The summed E-state index contributed by atoms with van der Waals surface area (Å²) in [6, 6.07) is 17.4. The van der Waals surface area contributed by atoms with Crippen molar-refractivity contribution in [1.29, 1.82) is 0 Å². The fourth-order valence-corrected chi connectivity index (χ4v) is 2.88. The Morgan fingerprint density at radius 3 is 2.52 bits per heavy atom. The molecule has 0 unspecified atom stereocenters. The van der Waals surface area contributed by atoms with E-state index in [4.69, 9.17) is 17.3 Å². The minimum atomic E-state index is 0.444. The molecule has 6 nitrogen and oxygen atoms in total. The third kappa shape index (κ3) is 3.75. The van der Waals surface area contributed by atoms with Crippen molar-refractivity contribution >= 4 is 45.5 Å². The van der Waals surface area contributed by atoms with Crippen LogP contribution in [0.4, 0.5) is 23.0 Å². The molecule has 4 aromatic rings. The minimum Gasteiger partial charge on any atom is -0.393 e. The molecule has 2 aromatic carbocycles. The summed E-state index contributed by atoms with van der Waals surface area (Å²) in [4.78, 5) is 13.0. The Labute approximate surface area is 161 Å². The average molecular weight is 377 g/mol. The molecule has 27 heavy (non-hydrogen) atoms. The second kappa shape index (κ2) is 7.47. The smallest absolute Gasteiger partial charge is 0.159 e. The zero-order valence-electron chi connectivity index (χ0n) is 14.4. The van der Waals surface area contributed by atoms with Crippen LogP contribution >= 0.6 is 11.6 Å². The van der Waals surface area contributed by atoms with Gasteiger partial charge in [0, 0.05) is 23.2 Å². The van der Waals surface area contributed by atoms with E-state index in [1.54, 1.807) is 6.20 Å². The highest BCUT2D eigenvalue weighted by Gasteiger charge is 2.10. The molecule has 0 saturated carbocycles. The van der Waals surface area contributed by atoms with Gasteiger partial charge in [-0.05, 0) is 29.8 Å². The van der Waals surface area contributed by atoms with E-state index >= 15 is 0 Å². The first kappa shape index (κ1) is 17.1. The predicted octanol–water partition coefficient (Wildman–Crippen LogP) is 4.62. The van der Waals surface area contributed by atoms with E-state index < -0.39 is 0 Å². The van der Waals surface area contributed by atoms with E-state index in [1.807, 2.05) is 54.6 Å². The van der Waals surface area contributed by atoms with Gasteiger partial charge in [-0.15, -0.1) is 0 Å². The van der Waals surface area contributed by atoms with Crippen LogP contribution in [0.2, 0.25) is 5.02 Å². The second-order valence-electron chi connectivity index (χ2n) is 5.97. The Hall–Kier alpha value is -3.38. The molecule has 134 valence electrons. The fraction of sp³-hybridized carbons (Fsp3) is 0.0500. The highest BCUT2D eigenvalue weighted by Crippen LogP contribution is 2.29. The molecular weight excluding hydrogens is 360 g/mol. The molecular formula is C20H17ClN6. The normalized spacial score (nSPS) is 10.7. The molecule has 0 aliphatic carbocycles. The van der Waals surface area contributed by atoms with Crippen molar-refractivity contribution in [1.82, 2.24) is 15.0 Å². The summed E-state index contributed by atoms with van der Waals surface area (Å²) >= 11 is 5.92. The molecule has 4 rings (SSSR count). The number of halogens is 1. The van der Waals surface area contributed by atoms with Crippen LogP contribution < -0.4 is 16.4 Å². The van der Waals surface area contributed by atoms with E-state index in [0.717, 1.165) is 22.2 Å². The number of fused-ring (bicyclic) bond motifs is 1. The topological polar surface area (TPSA) is 88.8 Å². The summed E-state index contributed by atoms with van der Waals surface area (Å²) < 4.78 is 0. The number of pyridine rings is 1. The Kier molecular flexibility index (Phi) is 4.72. The van der Waals surface area contributed by atoms with Crippen molar-refractivity contribution in [2.75, 3.05) is 16.4 Å². The number of nitrogen functional groups attached to an aromatic ring is 1. The second-order valence-corrected chi connectivity index (χ2v) is 6.41. The van der Waals surface area contributed by atoms with Crippen LogP contribution in [0.15, 0.2) is 67.1 Å². The van der Waals surface area contributed by atoms with Gasteiger partial charge < -0.3 is 16.4 Å². The highest BCUT2D eigenvalue weighted by molar-refractivity contribution is 6.30. The molecule has 7 heteroatoms. The number of anilines is 4. The fourth-order valence-electron chi connectivity index (χ4n) is 2.76. The molecule has 2 aromatic heterocycles. The van der Waals surface area contributed by atoms with E-state index in [2.05, 4.69) is 25.6 Å². The zero-order valence-corrected chi connectivity index (χ0v) is 15.1. The molecule has 2 heterocycles. The quantitative estimate of drug-likeness (QED) is 0.471. The standard InChI is InChI=1S/C20H17ClN6/c21-15-8-6-13(7-9-15)11-24-19-17(22)20(26-12-25-19)27-16-5-1-3-14-4-2-10-23-18(14)16/h1-10,12H,11,22H2,(H2,24,25,26,27). The average Bonchev–Trinajstić information content (AvgIpc) is 2.70. The van der Waals surface area contributed by atoms with Crippen molar-refractivity contribution in [2.45, 2.75) is 6.54 Å². The van der Waals surface area contributed by atoms with Crippen LogP contribution in [0.1, 0.15) is 5.56 Å². The summed E-state index contributed by atoms with van der Waals surface area (Å²) in [7, 11) is 0. The van der Waals surface area contributed by atoms with Crippen LogP contribution in [-0.4, -0.2) is 15.0 Å². The van der Waals surface area contributed by atoms with Gasteiger partial charge in [0.25, 0.3) is 0 Å². The van der Waals surface area contributed by atoms with Gasteiger partial charge in [0.05, 0.1) is 11.2 Å². The van der Waals surface area contributed by atoms with E-state index in [0.29, 0.717) is 28.9 Å². The van der Waals surface area contributed by atoms with Gasteiger partial charge in [-0.3, -0.25) is 4.98 Å². The molecule has 0 radical (unpaired) electrons. The summed E-state index contributed by atoms with van der Waals surface area (Å²) in [5.74, 6) is 1.09. The van der Waals surface area contributed by atoms with Crippen molar-refractivity contribution in [2.24, 2.45) is 0 Å². The van der Waals surface area contributed by atoms with Crippen molar-refractivity contribution in [3.63, 3.8) is 0 Å². The van der Waals surface area contributed by atoms with Gasteiger partial charge in [0.15, 0.2) is 11.6 Å². The number of para-hydroxylation sites is 1. The number of rotatable bonds is 5. The molecule has 4 N–H and O–H groups in total. The predicted molar refractivity (Wildman–Crippen MR) is 110 cm³/mol. The monoisotopic (exact) mass is 376 g/mol. The lowest BCUT2D eigenvalue weighted by Gasteiger charge is -2.13. The van der Waals surface area contributed by atoms with Gasteiger partial charge in [0.1, 0.15) is 12.0 Å². The molecule has 0 atom stereocenters. The van der Waals surface area contributed by atoms with Crippen molar-refractivity contribution in [3.05, 3.63) is 77.7 Å². The van der Waals surface area contributed by atoms with Gasteiger partial charge in [-0.1, -0.05) is 41.9 Å². The van der Waals surface area contributed by atoms with Crippen LogP contribution in [0.25, 0.3) is 10.9 Å². The third-order valence-corrected chi connectivity index (χ3v) is 4.39. The maximum absolute atomic E-state index is 6.27. The molecule has 0 aliphatic heterocycles. The van der Waals surface area contributed by atoms with E-state index in [1.165, 1.54) is 6.33 Å². The number of hydrogen-bond donors (Lipinski definition) is 3. The first-order chi connectivity index (χ1) is 13.2. The number of nitrogens with one attached hydrogen (secondary N) is 2. The summed E-state index contributed by atoms with van der Waals surface area (Å²) in [6.45, 7) is 0.577. The first-order valence-electron chi connectivity index (χ1n) is 8.40. The Morgan fingerprint density at radius 1 is 0.889 bits per heavy atom. The third-order valence-electron chi connectivity index (χ3n) is 4.14. The van der Waals surface area contributed by atoms with E-state index in [-0.39, 0.29) is 0 Å². The molecule has 0 spiro atoms. The van der Waals surface area contributed by atoms with Crippen LogP contribution in [0.3, 0.4) is 0 Å². The van der Waals surface area contributed by atoms with Gasteiger partial charge >= 0.3 is 0 Å². The van der Waals surface area contributed by atoms with Crippen LogP contribution in [-0.2, 0) is 6.54 Å². The molecule has 0 amide bonds. The summed E-state index contributed by atoms with van der Waals surface area (Å²) in [5, 5.41) is 8.24. The zero-order chi connectivity index (χ0) is 18.6. The highest BCUT2D eigenvalue weighted by atomic mass is 35.5. The molecule has 0 bridgehead atoms. The Balaban J connectivity index is 1.57. The molecule has 0 aliphatic rings.